The summed E-state index contributed by atoms with van der Waals surface area (Å²) in [6, 6.07) is 7.64. The zero-order chi connectivity index (χ0) is 18.7. The van der Waals surface area contributed by atoms with Crippen LogP contribution in [-0.2, 0) is 18.8 Å². The Labute approximate surface area is 155 Å². The highest BCUT2D eigenvalue weighted by Gasteiger charge is 2.53. The van der Waals surface area contributed by atoms with Crippen LogP contribution in [0.1, 0.15) is 52.4 Å². The van der Waals surface area contributed by atoms with Gasteiger partial charge in [-0.25, -0.2) is 4.79 Å². The van der Waals surface area contributed by atoms with Crippen molar-refractivity contribution in [2.45, 2.75) is 58.1 Å². The second-order valence-corrected chi connectivity index (χ2v) is 7.61. The van der Waals surface area contributed by atoms with Crippen molar-refractivity contribution >= 4 is 24.7 Å². The van der Waals surface area contributed by atoms with Crippen LogP contribution >= 0.6 is 11.6 Å². The molecule has 0 amide bonds. The number of ether oxygens (including phenoxy) is 1. The van der Waals surface area contributed by atoms with Crippen molar-refractivity contribution in [3.8, 4) is 0 Å². The first-order valence-corrected chi connectivity index (χ1v) is 8.98. The third-order valence-corrected chi connectivity index (χ3v) is 5.08. The number of carbonyl (C=O) groups excluding carboxylic acids is 1. The van der Waals surface area contributed by atoms with Crippen LogP contribution in [0.3, 0.4) is 0 Å². The Morgan fingerprint density at radius 2 is 1.76 bits per heavy atom. The van der Waals surface area contributed by atoms with Crippen LogP contribution in [0.4, 0.5) is 0 Å². The fourth-order valence-corrected chi connectivity index (χ4v) is 2.79. The van der Waals surface area contributed by atoms with Gasteiger partial charge in [0.2, 0.25) is 0 Å². The monoisotopic (exact) mass is 364 g/mol. The second-order valence-electron chi connectivity index (χ2n) is 7.17. The van der Waals surface area contributed by atoms with Crippen LogP contribution < -0.4 is 0 Å². The maximum absolute atomic E-state index is 11.5. The minimum atomic E-state index is -0.410. The molecule has 1 fully saturated rings. The normalized spacial score (nSPS) is 20.0. The van der Waals surface area contributed by atoms with E-state index in [0.29, 0.717) is 18.1 Å². The topological polar surface area (TPSA) is 44.8 Å². The molecule has 1 aliphatic heterocycles. The molecule has 1 saturated heterocycles. The summed E-state index contributed by atoms with van der Waals surface area (Å²) in [6.45, 7) is 10.3. The van der Waals surface area contributed by atoms with E-state index in [2.05, 4.69) is 0 Å². The molecule has 136 valence electrons. The highest BCUT2D eigenvalue weighted by molar-refractivity contribution is 6.47. The van der Waals surface area contributed by atoms with Crippen molar-refractivity contribution in [3.05, 3.63) is 47.0 Å². The first kappa shape index (κ1) is 20.0. The van der Waals surface area contributed by atoms with Crippen LogP contribution in [0.25, 0.3) is 0 Å². The Morgan fingerprint density at radius 1 is 1.20 bits per heavy atom. The molecule has 0 aliphatic carbocycles. The van der Waals surface area contributed by atoms with Crippen LogP contribution in [-0.4, -0.2) is 30.9 Å². The van der Waals surface area contributed by atoms with Crippen LogP contribution in [0.2, 0.25) is 5.02 Å². The van der Waals surface area contributed by atoms with Gasteiger partial charge >= 0.3 is 13.1 Å². The molecule has 25 heavy (non-hydrogen) atoms. The van der Waals surface area contributed by atoms with Gasteiger partial charge in [-0.1, -0.05) is 29.8 Å². The summed E-state index contributed by atoms with van der Waals surface area (Å²) in [5.74, 6) is -0.393. The number of halogens is 1. The largest absolute Gasteiger partial charge is 0.466 e. The van der Waals surface area contributed by atoms with Gasteiger partial charge in [-0.3, -0.25) is 0 Å². The fourth-order valence-electron chi connectivity index (χ4n) is 2.67. The van der Waals surface area contributed by atoms with E-state index in [4.69, 9.17) is 25.6 Å². The average Bonchev–Trinajstić information content (AvgIpc) is 2.73. The van der Waals surface area contributed by atoms with E-state index in [0.717, 1.165) is 5.56 Å². The lowest BCUT2D eigenvalue weighted by Gasteiger charge is -2.32. The molecule has 6 heteroatoms. The highest BCUT2D eigenvalue weighted by Crippen LogP contribution is 2.41. The average molecular weight is 365 g/mol. The third kappa shape index (κ3) is 4.87. The van der Waals surface area contributed by atoms with Gasteiger partial charge in [-0.15, -0.1) is 0 Å². The molecule has 0 spiro atoms. The number of carbonyl (C=O) groups is 1. The Balaban J connectivity index is 2.21. The predicted molar refractivity (Wildman–Crippen MR) is 101 cm³/mol. The van der Waals surface area contributed by atoms with Crippen molar-refractivity contribution in [2.24, 2.45) is 0 Å². The second kappa shape index (κ2) is 7.94. The molecular formula is C19H26BClO4. The maximum Gasteiger partial charge on any atom is 0.466 e. The van der Waals surface area contributed by atoms with Crippen molar-refractivity contribution < 1.29 is 18.8 Å². The summed E-state index contributed by atoms with van der Waals surface area (Å²) in [4.78, 5) is 11.5. The summed E-state index contributed by atoms with van der Waals surface area (Å²) in [5, 5.41) is 0.679. The van der Waals surface area contributed by atoms with E-state index in [-0.39, 0.29) is 11.8 Å². The molecule has 1 aromatic rings. The quantitative estimate of drug-likeness (QED) is 0.421. The molecule has 1 atom stereocenters. The van der Waals surface area contributed by atoms with Gasteiger partial charge in [-0.2, -0.15) is 0 Å². The minimum Gasteiger partial charge on any atom is -0.463 e. The summed E-state index contributed by atoms with van der Waals surface area (Å²) < 4.78 is 17.4. The number of rotatable bonds is 6. The van der Waals surface area contributed by atoms with Gasteiger partial charge < -0.3 is 14.0 Å². The number of hydrogen-bond acceptors (Lipinski definition) is 4. The Bertz CT molecular complexity index is 609. The molecule has 0 N–H and O–H groups in total. The molecule has 1 unspecified atom stereocenters. The van der Waals surface area contributed by atoms with Crippen LogP contribution in [0, 0.1) is 0 Å². The van der Waals surface area contributed by atoms with Crippen molar-refractivity contribution in [2.75, 3.05) is 6.61 Å². The zero-order valence-electron chi connectivity index (χ0n) is 15.5. The first-order valence-electron chi connectivity index (χ1n) is 8.60. The summed E-state index contributed by atoms with van der Waals surface area (Å²) in [6.07, 6.45) is 3.86. The van der Waals surface area contributed by atoms with Gasteiger partial charge in [0.25, 0.3) is 0 Å². The zero-order valence-corrected chi connectivity index (χ0v) is 16.3. The van der Waals surface area contributed by atoms with Crippen molar-refractivity contribution in [1.29, 1.82) is 0 Å². The highest BCUT2D eigenvalue weighted by atomic mass is 35.5. The number of hydrogen-bond donors (Lipinski definition) is 0. The first-order chi connectivity index (χ1) is 11.7. The third-order valence-electron chi connectivity index (χ3n) is 4.83. The van der Waals surface area contributed by atoms with Crippen molar-refractivity contribution in [3.63, 3.8) is 0 Å². The molecule has 1 heterocycles. The molecule has 0 aromatic heterocycles. The number of esters is 1. The minimum absolute atomic E-state index is 0.0519. The van der Waals surface area contributed by atoms with Gasteiger partial charge in [-0.05, 0) is 58.7 Å². The summed E-state index contributed by atoms with van der Waals surface area (Å²) in [5.41, 5.74) is 0.233. The van der Waals surface area contributed by atoms with Gasteiger partial charge in [0.1, 0.15) is 0 Å². The van der Waals surface area contributed by atoms with E-state index < -0.39 is 18.3 Å². The SMILES string of the molecule is CCOC(=O)/C=C/CC(B1OC(C)(C)C(C)(C)O1)c1ccc(Cl)cc1. The van der Waals surface area contributed by atoms with Gasteiger partial charge in [0, 0.05) is 16.9 Å². The van der Waals surface area contributed by atoms with E-state index in [9.17, 15) is 4.79 Å². The lowest BCUT2D eigenvalue weighted by atomic mass is 9.66. The molecule has 0 bridgehead atoms. The molecular weight excluding hydrogens is 338 g/mol. The standard InChI is InChI=1S/C19H26BClO4/c1-6-23-17(22)9-7-8-16(14-10-12-15(21)13-11-14)20-24-18(2,3)19(4,5)25-20/h7,9-13,16H,6,8H2,1-5H3/b9-7+. The Hall–Kier alpha value is -1.30. The predicted octanol–water partition coefficient (Wildman–Crippen LogP) is 4.56. The van der Waals surface area contributed by atoms with E-state index in [1.807, 2.05) is 58.0 Å². The van der Waals surface area contributed by atoms with Crippen LogP contribution in [0.15, 0.2) is 36.4 Å². The van der Waals surface area contributed by atoms with Gasteiger partial charge in [0.05, 0.1) is 17.8 Å². The maximum atomic E-state index is 11.5. The molecule has 1 aliphatic rings. The molecule has 1 aromatic carbocycles. The molecule has 4 nitrogen and oxygen atoms in total. The lowest BCUT2D eigenvalue weighted by Crippen LogP contribution is -2.41. The number of allylic oxidation sites excluding steroid dienone is 1. The molecule has 2 rings (SSSR count). The van der Waals surface area contributed by atoms with Gasteiger partial charge in [0.15, 0.2) is 0 Å². The Kier molecular flexibility index (Phi) is 6.36. The molecule has 0 saturated carbocycles. The van der Waals surface area contributed by atoms with Crippen molar-refractivity contribution in [1.82, 2.24) is 0 Å². The lowest BCUT2D eigenvalue weighted by molar-refractivity contribution is -0.137. The Morgan fingerprint density at radius 3 is 2.28 bits per heavy atom. The smallest absolute Gasteiger partial charge is 0.463 e. The molecule has 0 radical (unpaired) electrons. The summed E-state index contributed by atoms with van der Waals surface area (Å²) in [7, 11) is -0.405. The van der Waals surface area contributed by atoms with E-state index in [1.54, 1.807) is 6.92 Å². The van der Waals surface area contributed by atoms with Crippen LogP contribution in [0.5, 0.6) is 0 Å². The van der Waals surface area contributed by atoms with E-state index in [1.165, 1.54) is 6.08 Å². The number of benzene rings is 1. The summed E-state index contributed by atoms with van der Waals surface area (Å²) >= 11 is 6.01. The van der Waals surface area contributed by atoms with E-state index >= 15 is 0 Å². The fraction of sp³-hybridized carbons (Fsp3) is 0.526.